The van der Waals surface area contributed by atoms with Gasteiger partial charge in [0.15, 0.2) is 0 Å². The van der Waals surface area contributed by atoms with Gasteiger partial charge in [-0.25, -0.2) is 9.78 Å². The third-order valence-corrected chi connectivity index (χ3v) is 7.87. The van der Waals surface area contributed by atoms with E-state index in [1.165, 1.54) is 16.1 Å². The largest absolute Gasteiger partial charge is 0.489 e. The highest BCUT2D eigenvalue weighted by Crippen LogP contribution is 2.17. The van der Waals surface area contributed by atoms with E-state index in [-0.39, 0.29) is 32.7 Å². The molecular formula is C39H40N6O6. The second-order valence-corrected chi connectivity index (χ2v) is 11.8. The topological polar surface area (TPSA) is 160 Å². The Morgan fingerprint density at radius 3 is 1.86 bits per heavy atom. The Morgan fingerprint density at radius 1 is 0.706 bits per heavy atom. The fourth-order valence-corrected chi connectivity index (χ4v) is 5.29. The van der Waals surface area contributed by atoms with Gasteiger partial charge in [-0.1, -0.05) is 103 Å². The van der Waals surface area contributed by atoms with E-state index in [1.807, 2.05) is 91.0 Å². The van der Waals surface area contributed by atoms with Crippen LogP contribution in [0.15, 0.2) is 128 Å². The van der Waals surface area contributed by atoms with Crippen LogP contribution in [0.25, 0.3) is 0 Å². The predicted octanol–water partition coefficient (Wildman–Crippen LogP) is 4.37. The number of hydrogen-bond acceptors (Lipinski definition) is 7. The van der Waals surface area contributed by atoms with Crippen molar-refractivity contribution in [2.75, 3.05) is 13.1 Å². The number of primary amides is 1. The minimum absolute atomic E-state index is 0.00154. The van der Waals surface area contributed by atoms with Gasteiger partial charge in [0.1, 0.15) is 31.5 Å². The lowest BCUT2D eigenvalue weighted by Crippen LogP contribution is -2.52. The van der Waals surface area contributed by atoms with Crippen molar-refractivity contribution >= 4 is 23.8 Å². The molecule has 0 aliphatic heterocycles. The molecule has 5 rings (SSSR count). The van der Waals surface area contributed by atoms with Crippen LogP contribution in [0.5, 0.6) is 5.75 Å². The van der Waals surface area contributed by atoms with Crippen molar-refractivity contribution in [2.45, 2.75) is 38.8 Å². The van der Waals surface area contributed by atoms with Crippen molar-refractivity contribution < 1.29 is 28.7 Å². The molecule has 4 N–H and O–H groups in total. The number of imidazole rings is 1. The molecule has 51 heavy (non-hydrogen) atoms. The monoisotopic (exact) mass is 688 g/mol. The van der Waals surface area contributed by atoms with Crippen molar-refractivity contribution in [1.29, 1.82) is 0 Å². The van der Waals surface area contributed by atoms with Gasteiger partial charge in [-0.3, -0.25) is 14.4 Å². The van der Waals surface area contributed by atoms with Gasteiger partial charge in [-0.15, -0.1) is 0 Å². The molecular weight excluding hydrogens is 648 g/mol. The third-order valence-electron chi connectivity index (χ3n) is 7.87. The molecule has 0 fully saturated rings. The number of aromatic nitrogens is 2. The predicted molar refractivity (Wildman–Crippen MR) is 190 cm³/mol. The van der Waals surface area contributed by atoms with E-state index in [1.54, 1.807) is 30.5 Å². The molecule has 12 heteroatoms. The number of hydrogen-bond donors (Lipinski definition) is 3. The van der Waals surface area contributed by atoms with E-state index >= 15 is 0 Å². The van der Waals surface area contributed by atoms with Crippen molar-refractivity contribution in [3.8, 4) is 5.75 Å². The molecule has 1 heterocycles. The molecule has 0 radical (unpaired) electrons. The van der Waals surface area contributed by atoms with Crippen molar-refractivity contribution in [3.63, 3.8) is 0 Å². The van der Waals surface area contributed by atoms with Gasteiger partial charge in [0, 0.05) is 25.7 Å². The van der Waals surface area contributed by atoms with Crippen LogP contribution in [-0.4, -0.2) is 62.7 Å². The van der Waals surface area contributed by atoms with E-state index in [9.17, 15) is 19.2 Å². The summed E-state index contributed by atoms with van der Waals surface area (Å²) >= 11 is 0. The van der Waals surface area contributed by atoms with Crippen LogP contribution in [0.4, 0.5) is 4.79 Å². The number of benzene rings is 4. The Bertz CT molecular complexity index is 1840. The molecule has 0 bridgehead atoms. The van der Waals surface area contributed by atoms with E-state index in [0.29, 0.717) is 23.6 Å². The summed E-state index contributed by atoms with van der Waals surface area (Å²) in [5.74, 6) is -1.11. The Labute approximate surface area is 296 Å². The summed E-state index contributed by atoms with van der Waals surface area (Å²) in [6, 6.07) is 34.1. The summed E-state index contributed by atoms with van der Waals surface area (Å²) in [6.45, 7) is -0.237. The van der Waals surface area contributed by atoms with Crippen molar-refractivity contribution in [1.82, 2.24) is 25.1 Å². The lowest BCUT2D eigenvalue weighted by atomic mass is 10.1. The van der Waals surface area contributed by atoms with Gasteiger partial charge in [-0.05, 0) is 34.4 Å². The number of ether oxygens (including phenoxy) is 2. The third kappa shape index (κ3) is 11.6. The quantitative estimate of drug-likeness (QED) is 0.131. The molecule has 5 aromatic rings. The number of rotatable bonds is 17. The molecule has 0 aliphatic rings. The van der Waals surface area contributed by atoms with Gasteiger partial charge >= 0.3 is 6.09 Å². The molecule has 0 unspecified atom stereocenters. The summed E-state index contributed by atoms with van der Waals surface area (Å²) in [4.78, 5) is 63.0. The number of H-pyrrole nitrogens is 1. The molecule has 0 saturated carbocycles. The first-order chi connectivity index (χ1) is 24.8. The fraction of sp³-hybridized carbons (Fsp3) is 0.205. The molecule has 0 spiro atoms. The summed E-state index contributed by atoms with van der Waals surface area (Å²) in [7, 11) is 0. The molecule has 1 atom stereocenters. The smallest absolute Gasteiger partial charge is 0.408 e. The fourth-order valence-electron chi connectivity index (χ4n) is 5.29. The zero-order chi connectivity index (χ0) is 35.8. The number of nitrogens with one attached hydrogen (secondary N) is 2. The van der Waals surface area contributed by atoms with Crippen LogP contribution >= 0.6 is 0 Å². The highest BCUT2D eigenvalue weighted by Gasteiger charge is 2.30. The minimum atomic E-state index is -1.14. The first-order valence-corrected chi connectivity index (χ1v) is 16.4. The molecule has 262 valence electrons. The number of alkyl carbamates (subject to hydrolysis) is 1. The second-order valence-electron chi connectivity index (χ2n) is 11.8. The number of nitrogens with two attached hydrogens (primary N) is 1. The number of amides is 4. The lowest BCUT2D eigenvalue weighted by Gasteiger charge is -2.30. The van der Waals surface area contributed by atoms with Gasteiger partial charge < -0.3 is 35.3 Å². The highest BCUT2D eigenvalue weighted by atomic mass is 16.5. The molecule has 0 saturated heterocycles. The Morgan fingerprint density at radius 2 is 1.27 bits per heavy atom. The lowest BCUT2D eigenvalue weighted by molar-refractivity contribution is -0.143. The number of carbonyl (C=O) groups excluding carboxylic acids is 4. The molecule has 4 aromatic carbocycles. The maximum Gasteiger partial charge on any atom is 0.408 e. The molecule has 4 amide bonds. The van der Waals surface area contributed by atoms with Gasteiger partial charge in [0.25, 0.3) is 0 Å². The first kappa shape index (κ1) is 35.9. The van der Waals surface area contributed by atoms with Crippen LogP contribution in [0.1, 0.15) is 27.9 Å². The summed E-state index contributed by atoms with van der Waals surface area (Å²) < 4.78 is 11.4. The average molecular weight is 689 g/mol. The maximum atomic E-state index is 14.4. The Kier molecular flexibility index (Phi) is 12.9. The highest BCUT2D eigenvalue weighted by molar-refractivity contribution is 5.91. The van der Waals surface area contributed by atoms with E-state index in [2.05, 4.69) is 15.3 Å². The summed E-state index contributed by atoms with van der Waals surface area (Å²) in [5.41, 5.74) is 9.33. The van der Waals surface area contributed by atoms with Crippen LogP contribution in [0.3, 0.4) is 0 Å². The zero-order valence-electron chi connectivity index (χ0n) is 28.0. The standard InChI is InChI=1S/C39H40N6O6/c40-36(46)24-44(22-29-10-4-1-5-11-29)37(47)25-45(23-30-16-18-34(19-17-30)50-26-31-12-6-2-7-13-31)38(48)35(20-33-21-41-28-42-33)43-39(49)51-27-32-14-8-3-9-15-32/h1-19,21,28,35H,20,22-27H2,(H2,40,46)(H,41,42)(H,43,49)/t35-/m0/s1. The van der Waals surface area contributed by atoms with E-state index in [0.717, 1.165) is 16.7 Å². The number of aromatic amines is 1. The number of nitrogens with zero attached hydrogens (tertiary/aromatic N) is 3. The Balaban J connectivity index is 1.37. The van der Waals surface area contributed by atoms with Crippen LogP contribution in [-0.2, 0) is 51.8 Å². The van der Waals surface area contributed by atoms with Gasteiger partial charge in [0.05, 0.1) is 18.6 Å². The summed E-state index contributed by atoms with van der Waals surface area (Å²) in [5, 5.41) is 2.68. The van der Waals surface area contributed by atoms with E-state index < -0.39 is 36.4 Å². The second kappa shape index (κ2) is 18.4. The van der Waals surface area contributed by atoms with Crippen LogP contribution < -0.4 is 15.8 Å². The van der Waals surface area contributed by atoms with Crippen LogP contribution in [0.2, 0.25) is 0 Å². The van der Waals surface area contributed by atoms with Gasteiger partial charge in [-0.2, -0.15) is 0 Å². The van der Waals surface area contributed by atoms with Crippen LogP contribution in [0, 0.1) is 0 Å². The molecule has 0 aliphatic carbocycles. The molecule has 12 nitrogen and oxygen atoms in total. The first-order valence-electron chi connectivity index (χ1n) is 16.4. The SMILES string of the molecule is NC(=O)CN(Cc1ccccc1)C(=O)CN(Cc1ccc(OCc2ccccc2)cc1)C(=O)[C@H](Cc1c[nH]cn1)NC(=O)OCc1ccccc1. The maximum absolute atomic E-state index is 14.4. The minimum Gasteiger partial charge on any atom is -0.489 e. The molecule has 1 aromatic heterocycles. The van der Waals surface area contributed by atoms with Crippen molar-refractivity contribution in [2.24, 2.45) is 5.73 Å². The normalized spacial score (nSPS) is 11.2. The van der Waals surface area contributed by atoms with Crippen molar-refractivity contribution in [3.05, 3.63) is 156 Å². The Hall–Kier alpha value is -6.43. The number of carbonyl (C=O) groups is 4. The summed E-state index contributed by atoms with van der Waals surface area (Å²) in [6.07, 6.45) is 2.31. The average Bonchev–Trinajstić information content (AvgIpc) is 3.67. The zero-order valence-corrected chi connectivity index (χ0v) is 28.0. The van der Waals surface area contributed by atoms with E-state index in [4.69, 9.17) is 15.2 Å². The van der Waals surface area contributed by atoms with Gasteiger partial charge in [0.2, 0.25) is 17.7 Å².